The molecule has 0 aliphatic carbocycles. The summed E-state index contributed by atoms with van der Waals surface area (Å²) in [5.41, 5.74) is 12.8. The fourth-order valence-electron chi connectivity index (χ4n) is 4.27. The SMILES string of the molecule is Cc1c(C)c(C)c(OCCC(=O)NC2CCN(CCc3ccccc3)CC2)c(N)c1C. The molecule has 168 valence electrons. The number of carbonyl (C=O) groups excluding carboxylic acids is 1. The van der Waals surface area contributed by atoms with Crippen molar-refractivity contribution < 1.29 is 9.53 Å². The van der Waals surface area contributed by atoms with Gasteiger partial charge >= 0.3 is 0 Å². The highest BCUT2D eigenvalue weighted by atomic mass is 16.5. The van der Waals surface area contributed by atoms with Crippen LogP contribution in [0.2, 0.25) is 0 Å². The molecule has 0 radical (unpaired) electrons. The van der Waals surface area contributed by atoms with Crippen LogP contribution in [0, 0.1) is 27.7 Å². The third-order valence-corrected chi connectivity index (χ3v) is 6.76. The average molecular weight is 424 g/mol. The highest BCUT2D eigenvalue weighted by Crippen LogP contribution is 2.34. The largest absolute Gasteiger partial charge is 0.491 e. The number of benzene rings is 2. The first-order chi connectivity index (χ1) is 14.9. The number of likely N-dealkylation sites (tertiary alicyclic amines) is 1. The molecule has 5 nitrogen and oxygen atoms in total. The first-order valence-electron chi connectivity index (χ1n) is 11.4. The Labute approximate surface area is 187 Å². The van der Waals surface area contributed by atoms with E-state index >= 15 is 0 Å². The van der Waals surface area contributed by atoms with Crippen molar-refractivity contribution in [1.29, 1.82) is 0 Å². The number of hydrogen-bond acceptors (Lipinski definition) is 4. The summed E-state index contributed by atoms with van der Waals surface area (Å²) in [7, 11) is 0. The minimum atomic E-state index is 0.0551. The molecule has 3 N–H and O–H groups in total. The third-order valence-electron chi connectivity index (χ3n) is 6.76. The van der Waals surface area contributed by atoms with Gasteiger partial charge in [0.25, 0.3) is 0 Å². The van der Waals surface area contributed by atoms with Gasteiger partial charge in [-0.1, -0.05) is 30.3 Å². The van der Waals surface area contributed by atoms with Crippen molar-refractivity contribution in [1.82, 2.24) is 10.2 Å². The Kier molecular flexibility index (Phi) is 7.97. The van der Waals surface area contributed by atoms with Crippen molar-refractivity contribution in [3.8, 4) is 5.75 Å². The van der Waals surface area contributed by atoms with Gasteiger partial charge in [-0.15, -0.1) is 0 Å². The predicted octanol–water partition coefficient (Wildman–Crippen LogP) is 4.09. The molecule has 1 saturated heterocycles. The van der Waals surface area contributed by atoms with Crippen LogP contribution in [-0.4, -0.2) is 43.1 Å². The van der Waals surface area contributed by atoms with Crippen LogP contribution in [0.5, 0.6) is 5.75 Å². The van der Waals surface area contributed by atoms with E-state index in [4.69, 9.17) is 10.5 Å². The van der Waals surface area contributed by atoms with Gasteiger partial charge in [0, 0.05) is 25.7 Å². The van der Waals surface area contributed by atoms with Gasteiger partial charge in [-0.25, -0.2) is 0 Å². The number of hydrogen-bond donors (Lipinski definition) is 2. The number of nitrogens with one attached hydrogen (secondary N) is 1. The van der Waals surface area contributed by atoms with E-state index in [9.17, 15) is 4.79 Å². The molecule has 0 unspecified atom stereocenters. The van der Waals surface area contributed by atoms with Gasteiger partial charge in [-0.2, -0.15) is 0 Å². The van der Waals surface area contributed by atoms with Crippen molar-refractivity contribution in [3.63, 3.8) is 0 Å². The maximum atomic E-state index is 12.4. The Morgan fingerprint density at radius 3 is 2.35 bits per heavy atom. The number of nitrogens with zero attached hydrogens (tertiary/aromatic N) is 1. The van der Waals surface area contributed by atoms with Crippen molar-refractivity contribution in [2.45, 2.75) is 59.4 Å². The van der Waals surface area contributed by atoms with Crippen LogP contribution in [0.3, 0.4) is 0 Å². The molecule has 2 aromatic carbocycles. The van der Waals surface area contributed by atoms with Crippen LogP contribution in [0.4, 0.5) is 5.69 Å². The smallest absolute Gasteiger partial charge is 0.223 e. The Hall–Kier alpha value is -2.53. The topological polar surface area (TPSA) is 67.6 Å². The van der Waals surface area contributed by atoms with Crippen LogP contribution >= 0.6 is 0 Å². The number of ether oxygens (including phenoxy) is 1. The number of amides is 1. The molecule has 1 fully saturated rings. The highest BCUT2D eigenvalue weighted by molar-refractivity contribution is 5.76. The number of nitrogen functional groups attached to an aromatic ring is 1. The second-order valence-corrected chi connectivity index (χ2v) is 8.76. The van der Waals surface area contributed by atoms with E-state index in [0.29, 0.717) is 18.7 Å². The molecule has 0 spiro atoms. The van der Waals surface area contributed by atoms with Gasteiger partial charge in [0.05, 0.1) is 18.7 Å². The van der Waals surface area contributed by atoms with Gasteiger partial charge in [-0.05, 0) is 74.8 Å². The molecule has 0 aromatic heterocycles. The molecule has 0 saturated carbocycles. The Morgan fingerprint density at radius 2 is 1.68 bits per heavy atom. The van der Waals surface area contributed by atoms with E-state index in [-0.39, 0.29) is 11.9 Å². The van der Waals surface area contributed by atoms with Crippen LogP contribution in [0.25, 0.3) is 0 Å². The van der Waals surface area contributed by atoms with Crippen molar-refractivity contribution in [2.24, 2.45) is 0 Å². The van der Waals surface area contributed by atoms with Gasteiger partial charge in [0.2, 0.25) is 5.91 Å². The summed E-state index contributed by atoms with van der Waals surface area (Å²) < 4.78 is 5.94. The fraction of sp³-hybridized carbons (Fsp3) is 0.500. The van der Waals surface area contributed by atoms with Crippen molar-refractivity contribution >= 4 is 11.6 Å². The molecule has 2 aromatic rings. The fourth-order valence-corrected chi connectivity index (χ4v) is 4.27. The summed E-state index contributed by atoms with van der Waals surface area (Å²) in [6, 6.07) is 10.9. The molecule has 1 heterocycles. The van der Waals surface area contributed by atoms with Gasteiger partial charge in [-0.3, -0.25) is 4.79 Å². The van der Waals surface area contributed by atoms with Crippen LogP contribution < -0.4 is 15.8 Å². The van der Waals surface area contributed by atoms with E-state index in [1.54, 1.807) is 0 Å². The first kappa shape index (κ1) is 23.1. The number of rotatable bonds is 8. The lowest BCUT2D eigenvalue weighted by Gasteiger charge is -2.32. The standard InChI is InChI=1S/C26H37N3O2/c1-18-19(2)21(4)26(25(27)20(18)3)31-17-13-24(30)28-23-11-15-29(16-12-23)14-10-22-8-6-5-7-9-22/h5-9,23H,10-17,27H2,1-4H3,(H,28,30). The average Bonchev–Trinajstić information content (AvgIpc) is 2.79. The van der Waals surface area contributed by atoms with E-state index < -0.39 is 0 Å². The maximum Gasteiger partial charge on any atom is 0.223 e. The Bertz CT molecular complexity index is 858. The zero-order valence-electron chi connectivity index (χ0n) is 19.5. The van der Waals surface area contributed by atoms with Crippen LogP contribution in [0.15, 0.2) is 30.3 Å². The number of nitrogens with two attached hydrogens (primary N) is 1. The molecular formula is C26H37N3O2. The summed E-state index contributed by atoms with van der Waals surface area (Å²) in [5.74, 6) is 0.777. The summed E-state index contributed by atoms with van der Waals surface area (Å²) in [5, 5.41) is 3.18. The van der Waals surface area contributed by atoms with Crippen molar-refractivity contribution in [3.05, 3.63) is 58.1 Å². The maximum absolute atomic E-state index is 12.4. The molecular weight excluding hydrogens is 386 g/mol. The van der Waals surface area contributed by atoms with E-state index in [1.807, 2.05) is 13.8 Å². The lowest BCUT2D eigenvalue weighted by molar-refractivity contribution is -0.122. The van der Waals surface area contributed by atoms with Gasteiger partial charge < -0.3 is 20.7 Å². The lowest BCUT2D eigenvalue weighted by atomic mass is 9.97. The second kappa shape index (κ2) is 10.7. The monoisotopic (exact) mass is 423 g/mol. The van der Waals surface area contributed by atoms with Gasteiger partial charge in [0.15, 0.2) is 0 Å². The number of anilines is 1. The summed E-state index contributed by atoms with van der Waals surface area (Å²) in [6.45, 7) is 11.7. The van der Waals surface area contributed by atoms with E-state index in [2.05, 4.69) is 54.4 Å². The Balaban J connectivity index is 1.38. The number of carbonyl (C=O) groups is 1. The van der Waals surface area contributed by atoms with E-state index in [1.165, 1.54) is 16.7 Å². The summed E-state index contributed by atoms with van der Waals surface area (Å²) >= 11 is 0. The molecule has 3 rings (SSSR count). The zero-order valence-corrected chi connectivity index (χ0v) is 19.5. The molecule has 31 heavy (non-hydrogen) atoms. The molecule has 5 heteroatoms. The third kappa shape index (κ3) is 6.01. The van der Waals surface area contributed by atoms with Crippen LogP contribution in [0.1, 0.15) is 47.1 Å². The van der Waals surface area contributed by atoms with Gasteiger partial charge in [0.1, 0.15) is 5.75 Å². The quantitative estimate of drug-likeness (QED) is 0.628. The van der Waals surface area contributed by atoms with Crippen molar-refractivity contribution in [2.75, 3.05) is 32.0 Å². The molecule has 0 bridgehead atoms. The Morgan fingerprint density at radius 1 is 1.03 bits per heavy atom. The zero-order chi connectivity index (χ0) is 22.4. The predicted molar refractivity (Wildman–Crippen MR) is 128 cm³/mol. The highest BCUT2D eigenvalue weighted by Gasteiger charge is 2.21. The summed E-state index contributed by atoms with van der Waals surface area (Å²) in [4.78, 5) is 14.9. The molecule has 1 amide bonds. The summed E-state index contributed by atoms with van der Waals surface area (Å²) in [6.07, 6.45) is 3.43. The van der Waals surface area contributed by atoms with Crippen LogP contribution in [-0.2, 0) is 11.2 Å². The first-order valence-corrected chi connectivity index (χ1v) is 11.4. The molecule has 1 aliphatic heterocycles. The molecule has 1 aliphatic rings. The van der Waals surface area contributed by atoms with E-state index in [0.717, 1.165) is 55.8 Å². The minimum Gasteiger partial charge on any atom is -0.491 e. The normalized spacial score (nSPS) is 15.1. The minimum absolute atomic E-state index is 0.0551. The second-order valence-electron chi connectivity index (χ2n) is 8.76. The molecule has 0 atom stereocenters. The number of piperidine rings is 1. The lowest BCUT2D eigenvalue weighted by Crippen LogP contribution is -2.45.